The summed E-state index contributed by atoms with van der Waals surface area (Å²) in [5, 5.41) is 8.61. The molecule has 9 nitrogen and oxygen atoms in total. The number of hydrogen-bond acceptors (Lipinski definition) is 7. The Hall–Kier alpha value is -3.37. The van der Waals surface area contributed by atoms with Gasteiger partial charge in [-0.25, -0.2) is 14.4 Å². The van der Waals surface area contributed by atoms with Gasteiger partial charge in [-0.05, 0) is 25.1 Å². The molecular formula is C22H21ClFN7O2. The van der Waals surface area contributed by atoms with E-state index in [2.05, 4.69) is 15.2 Å². The van der Waals surface area contributed by atoms with Crippen molar-refractivity contribution >= 4 is 28.3 Å². The predicted octanol–water partition coefficient (Wildman–Crippen LogP) is 2.80. The minimum Gasteiger partial charge on any atom is -0.366 e. The van der Waals surface area contributed by atoms with E-state index in [9.17, 15) is 9.18 Å². The molecule has 1 saturated heterocycles. The largest absolute Gasteiger partial charge is 0.366 e. The Morgan fingerprint density at radius 2 is 2.03 bits per heavy atom. The first-order valence-corrected chi connectivity index (χ1v) is 10.8. The summed E-state index contributed by atoms with van der Waals surface area (Å²) in [6.07, 6.45) is 1.31. The summed E-state index contributed by atoms with van der Waals surface area (Å²) in [7, 11) is 3.49. The maximum absolute atomic E-state index is 14.9. The highest BCUT2D eigenvalue weighted by Gasteiger charge is 2.28. The smallest absolute Gasteiger partial charge is 0.263 e. The van der Waals surface area contributed by atoms with Crippen molar-refractivity contribution in [3.8, 4) is 11.3 Å². The number of rotatable bonds is 3. The number of benzene rings is 1. The van der Waals surface area contributed by atoms with Crippen LogP contribution in [0, 0.1) is 12.7 Å². The van der Waals surface area contributed by atoms with E-state index in [1.807, 2.05) is 16.5 Å². The Labute approximate surface area is 193 Å². The number of fused-ring (bicyclic) bond motifs is 1. The lowest BCUT2D eigenvalue weighted by Gasteiger charge is -2.33. The van der Waals surface area contributed by atoms with Crippen molar-refractivity contribution in [3.63, 3.8) is 0 Å². The zero-order chi connectivity index (χ0) is 23.3. The maximum Gasteiger partial charge on any atom is 0.263 e. The summed E-state index contributed by atoms with van der Waals surface area (Å²) in [5.74, 6) is 1.26. The minimum atomic E-state index is -0.560. The first-order valence-electron chi connectivity index (χ1n) is 10.4. The van der Waals surface area contributed by atoms with Crippen LogP contribution in [0.4, 0.5) is 10.2 Å². The van der Waals surface area contributed by atoms with Crippen LogP contribution in [-0.2, 0) is 18.8 Å². The molecule has 1 fully saturated rings. The van der Waals surface area contributed by atoms with Gasteiger partial charge in [0.1, 0.15) is 29.9 Å². The summed E-state index contributed by atoms with van der Waals surface area (Å²) < 4.78 is 24.1. The quantitative estimate of drug-likeness (QED) is 0.455. The number of halogens is 2. The van der Waals surface area contributed by atoms with E-state index < -0.39 is 5.82 Å². The van der Waals surface area contributed by atoms with Crippen LogP contribution in [0.5, 0.6) is 0 Å². The molecule has 1 aliphatic rings. The lowest BCUT2D eigenvalue weighted by Crippen LogP contribution is -2.39. The summed E-state index contributed by atoms with van der Waals surface area (Å²) in [5.41, 5.74) is 0.574. The topological polar surface area (TPSA) is 91.0 Å². The fourth-order valence-corrected chi connectivity index (χ4v) is 4.18. The zero-order valence-corrected chi connectivity index (χ0v) is 19.0. The van der Waals surface area contributed by atoms with Gasteiger partial charge in [-0.1, -0.05) is 11.6 Å². The average molecular weight is 470 g/mol. The lowest BCUT2D eigenvalue weighted by atomic mass is 10.1. The molecular weight excluding hydrogens is 449 g/mol. The third-order valence-corrected chi connectivity index (χ3v) is 6.12. The van der Waals surface area contributed by atoms with Crippen molar-refractivity contribution in [2.75, 3.05) is 24.6 Å². The van der Waals surface area contributed by atoms with Crippen molar-refractivity contribution in [1.82, 2.24) is 29.3 Å². The van der Waals surface area contributed by atoms with Crippen molar-refractivity contribution < 1.29 is 9.13 Å². The van der Waals surface area contributed by atoms with Crippen LogP contribution < -0.4 is 10.5 Å². The number of aryl methyl sites for hydroxylation is 2. The first kappa shape index (κ1) is 21.5. The van der Waals surface area contributed by atoms with Gasteiger partial charge >= 0.3 is 0 Å². The highest BCUT2D eigenvalue weighted by atomic mass is 35.5. The zero-order valence-electron chi connectivity index (χ0n) is 18.3. The van der Waals surface area contributed by atoms with Crippen LogP contribution in [0.2, 0.25) is 5.02 Å². The molecule has 0 amide bonds. The monoisotopic (exact) mass is 469 g/mol. The van der Waals surface area contributed by atoms with Gasteiger partial charge in [0.25, 0.3) is 5.56 Å². The molecule has 0 N–H and O–H groups in total. The second kappa shape index (κ2) is 8.20. The van der Waals surface area contributed by atoms with Gasteiger partial charge in [0.05, 0.1) is 29.7 Å². The summed E-state index contributed by atoms with van der Waals surface area (Å²) >= 11 is 5.96. The average Bonchev–Trinajstić information content (AvgIpc) is 3.23. The standard InChI is InChI=1S/C22H21ClFN7O2/c1-12-26-16-9-18(31-6-7-33-17(10-31)21-28-25-11-29(21)2)27-20(19(16)22(32)30(12)3)14-5-4-13(23)8-15(14)24/h4-5,8-9,11,17H,6-7,10H2,1-3H3. The number of aromatic nitrogens is 6. The maximum atomic E-state index is 14.9. The Kier molecular flexibility index (Phi) is 5.34. The molecule has 4 aromatic rings. The lowest BCUT2D eigenvalue weighted by molar-refractivity contribution is 0.0318. The highest BCUT2D eigenvalue weighted by Crippen LogP contribution is 2.32. The van der Waals surface area contributed by atoms with Crippen LogP contribution >= 0.6 is 11.6 Å². The van der Waals surface area contributed by atoms with Gasteiger partial charge in [0, 0.05) is 37.3 Å². The molecule has 11 heteroatoms. The number of morpholine rings is 1. The molecule has 1 unspecified atom stereocenters. The van der Waals surface area contributed by atoms with Crippen LogP contribution in [0.25, 0.3) is 22.2 Å². The van der Waals surface area contributed by atoms with Gasteiger partial charge in [0.15, 0.2) is 5.82 Å². The molecule has 1 aliphatic heterocycles. The Bertz CT molecular complexity index is 1430. The van der Waals surface area contributed by atoms with E-state index in [1.165, 1.54) is 16.7 Å². The molecule has 0 radical (unpaired) electrons. The molecule has 0 saturated carbocycles. The van der Waals surface area contributed by atoms with Crippen LogP contribution in [0.1, 0.15) is 17.8 Å². The van der Waals surface area contributed by atoms with E-state index in [0.717, 1.165) is 0 Å². The molecule has 5 rings (SSSR count). The Balaban J connectivity index is 1.68. The summed E-state index contributed by atoms with van der Waals surface area (Å²) in [4.78, 5) is 24.5. The van der Waals surface area contributed by atoms with Crippen LogP contribution in [0.3, 0.4) is 0 Å². The van der Waals surface area contributed by atoms with E-state index in [4.69, 9.17) is 21.3 Å². The molecule has 0 bridgehead atoms. The van der Waals surface area contributed by atoms with Gasteiger partial charge < -0.3 is 14.2 Å². The van der Waals surface area contributed by atoms with Gasteiger partial charge in [-0.2, -0.15) is 0 Å². The van der Waals surface area contributed by atoms with Gasteiger partial charge in [-0.3, -0.25) is 9.36 Å². The molecule has 4 heterocycles. The molecule has 3 aromatic heterocycles. The number of ether oxygens (including phenoxy) is 1. The number of hydrogen-bond donors (Lipinski definition) is 0. The first-order chi connectivity index (χ1) is 15.8. The van der Waals surface area contributed by atoms with E-state index in [1.54, 1.807) is 32.4 Å². The molecule has 170 valence electrons. The number of nitrogens with zero attached hydrogens (tertiary/aromatic N) is 7. The van der Waals surface area contributed by atoms with Crippen LogP contribution in [-0.4, -0.2) is 49.0 Å². The van der Waals surface area contributed by atoms with Gasteiger partial charge in [0.2, 0.25) is 0 Å². The summed E-state index contributed by atoms with van der Waals surface area (Å²) in [6, 6.07) is 6.08. The second-order valence-electron chi connectivity index (χ2n) is 7.98. The highest BCUT2D eigenvalue weighted by molar-refractivity contribution is 6.30. The molecule has 0 spiro atoms. The second-order valence-corrected chi connectivity index (χ2v) is 8.41. The SMILES string of the molecule is Cc1nc2cc(N3CCOC(c4nncn4C)C3)nc(-c3ccc(Cl)cc3F)c2c(=O)n1C. The van der Waals surface area contributed by atoms with E-state index in [0.29, 0.717) is 42.7 Å². The Morgan fingerprint density at radius 1 is 1.21 bits per heavy atom. The van der Waals surface area contributed by atoms with E-state index >= 15 is 0 Å². The van der Waals surface area contributed by atoms with Crippen molar-refractivity contribution in [1.29, 1.82) is 0 Å². The molecule has 0 aliphatic carbocycles. The molecule has 1 atom stereocenters. The van der Waals surface area contributed by atoms with Crippen molar-refractivity contribution in [3.05, 3.63) is 63.4 Å². The van der Waals surface area contributed by atoms with Crippen molar-refractivity contribution in [2.24, 2.45) is 14.1 Å². The minimum absolute atomic E-state index is 0.187. The van der Waals surface area contributed by atoms with E-state index in [-0.39, 0.29) is 33.3 Å². The fraction of sp³-hybridized carbons (Fsp3) is 0.318. The fourth-order valence-electron chi connectivity index (χ4n) is 4.02. The predicted molar refractivity (Wildman–Crippen MR) is 122 cm³/mol. The third-order valence-electron chi connectivity index (χ3n) is 5.88. The van der Waals surface area contributed by atoms with Crippen molar-refractivity contribution in [2.45, 2.75) is 13.0 Å². The van der Waals surface area contributed by atoms with Gasteiger partial charge in [-0.15, -0.1) is 10.2 Å². The Morgan fingerprint density at radius 3 is 2.76 bits per heavy atom. The van der Waals surface area contributed by atoms with Crippen LogP contribution in [0.15, 0.2) is 35.4 Å². The normalized spacial score (nSPS) is 16.5. The summed E-state index contributed by atoms with van der Waals surface area (Å²) in [6.45, 7) is 3.24. The number of pyridine rings is 1. The molecule has 1 aromatic carbocycles. The number of anilines is 1. The third kappa shape index (κ3) is 3.75. The molecule has 33 heavy (non-hydrogen) atoms.